The number of allylic oxidation sites excluding steroid dienone is 1. The number of rotatable bonds is 21. The summed E-state index contributed by atoms with van der Waals surface area (Å²) in [7, 11) is 0. The molecule has 0 spiro atoms. The number of hydrogen-bond acceptors (Lipinski definition) is 11. The normalized spacial score (nSPS) is 35.6. The molecule has 0 radical (unpaired) electrons. The van der Waals surface area contributed by atoms with Gasteiger partial charge in [-0.15, -0.1) is 0 Å². The number of aliphatic hydroxyl groups is 6. The number of amides is 2. The molecule has 0 bridgehead atoms. The summed E-state index contributed by atoms with van der Waals surface area (Å²) < 4.78 is 17.3. The van der Waals surface area contributed by atoms with Crippen molar-refractivity contribution in [1.29, 1.82) is 0 Å². The lowest BCUT2D eigenvalue weighted by Gasteiger charge is -2.47. The SMILES string of the molecule is CCCCCC1OC1C/C=C\CCCCCCCCC(=O)NC1[C@H](O)OC(CO)[C@@H](O[C@@H]2CC(CO)[C@@H](O)[C@H](O)C2NC(C)=O)[C@@H]1O. The minimum absolute atomic E-state index is 0.0206. The van der Waals surface area contributed by atoms with Crippen molar-refractivity contribution in [2.24, 2.45) is 5.92 Å². The van der Waals surface area contributed by atoms with Crippen molar-refractivity contribution in [2.45, 2.75) is 171 Å². The molecule has 1 aliphatic carbocycles. The Labute approximate surface area is 279 Å². The molecule has 2 aliphatic heterocycles. The Balaban J connectivity index is 1.36. The van der Waals surface area contributed by atoms with E-state index in [1.54, 1.807) is 0 Å². The number of aliphatic hydroxyl groups excluding tert-OH is 6. The molecule has 3 aliphatic rings. The summed E-state index contributed by atoms with van der Waals surface area (Å²) in [6.45, 7) is 2.37. The van der Waals surface area contributed by atoms with Gasteiger partial charge in [0.2, 0.25) is 11.8 Å². The van der Waals surface area contributed by atoms with E-state index in [1.807, 2.05) is 0 Å². The summed E-state index contributed by atoms with van der Waals surface area (Å²) in [5.74, 6) is -1.63. The third kappa shape index (κ3) is 12.6. The van der Waals surface area contributed by atoms with Gasteiger partial charge in [0, 0.05) is 25.9 Å². The van der Waals surface area contributed by atoms with Crippen molar-refractivity contribution in [3.05, 3.63) is 12.2 Å². The van der Waals surface area contributed by atoms with E-state index in [0.717, 1.165) is 44.9 Å². The summed E-state index contributed by atoms with van der Waals surface area (Å²) in [5.41, 5.74) is 0. The van der Waals surface area contributed by atoms with Gasteiger partial charge in [-0.2, -0.15) is 0 Å². The summed E-state index contributed by atoms with van der Waals surface area (Å²) in [6, 6.07) is -2.34. The monoisotopic (exact) mass is 672 g/mol. The highest BCUT2D eigenvalue weighted by molar-refractivity contribution is 5.76. The zero-order valence-corrected chi connectivity index (χ0v) is 28.1. The molecule has 0 aromatic rings. The molecule has 13 heteroatoms. The van der Waals surface area contributed by atoms with Crippen molar-refractivity contribution in [3.8, 4) is 0 Å². The number of nitrogens with one attached hydrogen (secondary N) is 2. The molecule has 6 unspecified atom stereocenters. The van der Waals surface area contributed by atoms with Crippen LogP contribution >= 0.6 is 0 Å². The first-order valence-corrected chi connectivity index (χ1v) is 17.7. The predicted molar refractivity (Wildman–Crippen MR) is 173 cm³/mol. The lowest BCUT2D eigenvalue weighted by molar-refractivity contribution is -0.278. The Hall–Kier alpha value is -1.68. The van der Waals surface area contributed by atoms with Crippen molar-refractivity contribution >= 4 is 11.8 Å². The fourth-order valence-corrected chi connectivity index (χ4v) is 6.74. The van der Waals surface area contributed by atoms with Gasteiger partial charge in [0.05, 0.1) is 37.1 Å². The maximum absolute atomic E-state index is 12.7. The maximum Gasteiger partial charge on any atom is 0.220 e. The third-order valence-corrected chi connectivity index (χ3v) is 9.61. The van der Waals surface area contributed by atoms with Crippen LogP contribution < -0.4 is 10.6 Å². The van der Waals surface area contributed by atoms with E-state index in [4.69, 9.17) is 14.2 Å². The number of unbranched alkanes of at least 4 members (excludes halogenated alkanes) is 8. The molecule has 3 rings (SSSR count). The van der Waals surface area contributed by atoms with Gasteiger partial charge in [0.1, 0.15) is 30.5 Å². The van der Waals surface area contributed by atoms with Crippen LogP contribution in [0, 0.1) is 5.92 Å². The van der Waals surface area contributed by atoms with Crippen molar-refractivity contribution in [1.82, 2.24) is 10.6 Å². The minimum Gasteiger partial charge on any atom is -0.396 e. The molecular weight excluding hydrogens is 612 g/mol. The van der Waals surface area contributed by atoms with Crippen LogP contribution in [0.1, 0.15) is 104 Å². The second-order valence-electron chi connectivity index (χ2n) is 13.4. The number of carbonyl (C=O) groups excluding carboxylic acids is 2. The van der Waals surface area contributed by atoms with Gasteiger partial charge in [-0.1, -0.05) is 64.0 Å². The standard InChI is InChI=1S/C34H60N2O11/c1-3-4-12-15-23-24(45-23)16-13-10-8-6-5-7-9-11-14-17-27(40)36-29-32(43)33(26(20-38)47-34(29)44)46-25-18-22(19-37)30(41)31(42)28(25)35-21(2)39/h10,13,22-26,28-34,37-38,41-44H,3-9,11-12,14-20H2,1-2H3,(H,35,39)(H,36,40)/b13-10-/t22?,23?,24?,25-,26?,28?,29?,30-,31-,32-,33-,34-/m1/s1. The molecule has 8 N–H and O–H groups in total. The highest BCUT2D eigenvalue weighted by Gasteiger charge is 2.50. The number of epoxide rings is 1. The van der Waals surface area contributed by atoms with E-state index < -0.39 is 80.0 Å². The topological polar surface area (TPSA) is 211 Å². The van der Waals surface area contributed by atoms with Crippen molar-refractivity contribution in [2.75, 3.05) is 13.2 Å². The number of carbonyl (C=O) groups is 2. The average Bonchev–Trinajstić information content (AvgIpc) is 3.80. The third-order valence-electron chi connectivity index (χ3n) is 9.61. The van der Waals surface area contributed by atoms with Crippen LogP contribution in [0.3, 0.4) is 0 Å². The highest BCUT2D eigenvalue weighted by atomic mass is 16.6. The first-order valence-electron chi connectivity index (χ1n) is 17.7. The molecule has 0 aromatic carbocycles. The van der Waals surface area contributed by atoms with E-state index in [0.29, 0.717) is 18.6 Å². The van der Waals surface area contributed by atoms with Crippen LogP contribution in [-0.2, 0) is 23.8 Å². The van der Waals surface area contributed by atoms with Gasteiger partial charge in [0.15, 0.2) is 6.29 Å². The van der Waals surface area contributed by atoms with Gasteiger partial charge in [-0.3, -0.25) is 9.59 Å². The Bertz CT molecular complexity index is 955. The Morgan fingerprint density at radius 3 is 2.19 bits per heavy atom. The second-order valence-corrected chi connectivity index (χ2v) is 13.4. The van der Waals surface area contributed by atoms with Crippen molar-refractivity contribution in [3.63, 3.8) is 0 Å². The zero-order valence-electron chi connectivity index (χ0n) is 28.1. The van der Waals surface area contributed by atoms with E-state index >= 15 is 0 Å². The van der Waals surface area contributed by atoms with Gasteiger partial charge >= 0.3 is 0 Å². The number of hydrogen-bond donors (Lipinski definition) is 8. The smallest absolute Gasteiger partial charge is 0.220 e. The largest absolute Gasteiger partial charge is 0.396 e. The highest BCUT2D eigenvalue weighted by Crippen LogP contribution is 2.32. The molecule has 1 saturated carbocycles. The Kier molecular flexibility index (Phi) is 17.5. The maximum atomic E-state index is 12.7. The van der Waals surface area contributed by atoms with Crippen LogP contribution in [-0.4, -0.2) is 123 Å². The predicted octanol–water partition coefficient (Wildman–Crippen LogP) is 0.949. The molecule has 2 amide bonds. The Morgan fingerprint density at radius 2 is 1.51 bits per heavy atom. The molecule has 12 atom stereocenters. The molecule has 3 fully saturated rings. The quantitative estimate of drug-likeness (QED) is 0.0489. The molecular formula is C34H60N2O11. The van der Waals surface area contributed by atoms with Crippen molar-refractivity contribution < 1.29 is 54.4 Å². The van der Waals surface area contributed by atoms with E-state index in [9.17, 15) is 40.2 Å². The fourth-order valence-electron chi connectivity index (χ4n) is 6.74. The summed E-state index contributed by atoms with van der Waals surface area (Å²) >= 11 is 0. The van der Waals surface area contributed by atoms with E-state index in [2.05, 4.69) is 29.7 Å². The first-order chi connectivity index (χ1) is 22.6. The Morgan fingerprint density at radius 1 is 0.787 bits per heavy atom. The van der Waals surface area contributed by atoms with Crippen LogP contribution in [0.2, 0.25) is 0 Å². The molecule has 272 valence electrons. The van der Waals surface area contributed by atoms with Crippen LogP contribution in [0.5, 0.6) is 0 Å². The van der Waals surface area contributed by atoms with Gasteiger partial charge in [0.25, 0.3) is 0 Å². The average molecular weight is 673 g/mol. The molecule has 2 heterocycles. The zero-order chi connectivity index (χ0) is 34.3. The second kappa shape index (κ2) is 20.7. The molecule has 47 heavy (non-hydrogen) atoms. The van der Waals surface area contributed by atoms with E-state index in [1.165, 1.54) is 32.6 Å². The van der Waals surface area contributed by atoms with Crippen LogP contribution in [0.15, 0.2) is 12.2 Å². The lowest BCUT2D eigenvalue weighted by Crippen LogP contribution is -2.67. The summed E-state index contributed by atoms with van der Waals surface area (Å²) in [6.07, 6.45) is 9.15. The fraction of sp³-hybridized carbons (Fsp3) is 0.882. The first kappa shape index (κ1) is 39.8. The number of ether oxygens (including phenoxy) is 3. The van der Waals surface area contributed by atoms with Crippen LogP contribution in [0.25, 0.3) is 0 Å². The molecule has 13 nitrogen and oxygen atoms in total. The summed E-state index contributed by atoms with van der Waals surface area (Å²) in [5, 5.41) is 67.5. The lowest BCUT2D eigenvalue weighted by atomic mass is 9.79. The molecule has 2 saturated heterocycles. The van der Waals surface area contributed by atoms with Crippen LogP contribution in [0.4, 0.5) is 0 Å². The van der Waals surface area contributed by atoms with Gasteiger partial charge < -0.3 is 55.5 Å². The van der Waals surface area contributed by atoms with Gasteiger partial charge in [-0.25, -0.2) is 0 Å². The van der Waals surface area contributed by atoms with E-state index in [-0.39, 0.29) is 18.7 Å². The summed E-state index contributed by atoms with van der Waals surface area (Å²) in [4.78, 5) is 24.5. The minimum atomic E-state index is -1.61. The van der Waals surface area contributed by atoms with Gasteiger partial charge in [-0.05, 0) is 38.5 Å². The molecule has 0 aromatic heterocycles.